The number of anilines is 1. The molecule has 148 valence electrons. The number of carbonyl (C=O) groups excluding carboxylic acids is 1. The van der Waals surface area contributed by atoms with Crippen LogP contribution in [0.4, 0.5) is 14.9 Å². The van der Waals surface area contributed by atoms with Crippen molar-refractivity contribution in [3.05, 3.63) is 92.9 Å². The van der Waals surface area contributed by atoms with Gasteiger partial charge in [-0.15, -0.1) is 0 Å². The van der Waals surface area contributed by atoms with Crippen molar-refractivity contribution >= 4 is 11.7 Å². The number of rotatable bonds is 3. The summed E-state index contributed by atoms with van der Waals surface area (Å²) < 4.78 is 13.4. The Bertz CT molecular complexity index is 1130. The van der Waals surface area contributed by atoms with Gasteiger partial charge in [0.15, 0.2) is 0 Å². The van der Waals surface area contributed by atoms with Gasteiger partial charge in [0.25, 0.3) is 5.56 Å². The third kappa shape index (κ3) is 4.18. The van der Waals surface area contributed by atoms with Crippen molar-refractivity contribution in [2.75, 3.05) is 11.9 Å². The second-order valence-corrected chi connectivity index (χ2v) is 7.16. The molecule has 2 aromatic carbocycles. The van der Waals surface area contributed by atoms with Crippen molar-refractivity contribution in [3.63, 3.8) is 0 Å². The zero-order valence-corrected chi connectivity index (χ0v) is 16.0. The van der Waals surface area contributed by atoms with E-state index < -0.39 is 0 Å². The number of aromatic amines is 1. The molecule has 3 aromatic rings. The number of hydrogen-bond donors (Lipinski definition) is 2. The van der Waals surface area contributed by atoms with Gasteiger partial charge in [0.2, 0.25) is 0 Å². The maximum absolute atomic E-state index is 13.4. The van der Waals surface area contributed by atoms with Crippen molar-refractivity contribution in [3.8, 4) is 0 Å². The van der Waals surface area contributed by atoms with Gasteiger partial charge in [0.1, 0.15) is 11.6 Å². The van der Waals surface area contributed by atoms with E-state index in [1.54, 1.807) is 17.0 Å². The molecule has 0 aliphatic carbocycles. The summed E-state index contributed by atoms with van der Waals surface area (Å²) in [6.07, 6.45) is 0.842. The zero-order chi connectivity index (χ0) is 20.4. The van der Waals surface area contributed by atoms with E-state index in [1.807, 2.05) is 31.2 Å². The van der Waals surface area contributed by atoms with Crippen LogP contribution in [-0.2, 0) is 19.4 Å². The summed E-state index contributed by atoms with van der Waals surface area (Å²) in [7, 11) is 0. The molecule has 1 aromatic heterocycles. The lowest BCUT2D eigenvalue weighted by molar-refractivity contribution is 0.205. The minimum atomic E-state index is -0.321. The fraction of sp³-hybridized carbons (Fsp3) is 0.227. The Hall–Kier alpha value is -3.48. The fourth-order valence-electron chi connectivity index (χ4n) is 3.48. The molecule has 7 heteroatoms. The molecule has 0 radical (unpaired) electrons. The van der Waals surface area contributed by atoms with Crippen LogP contribution in [0.15, 0.2) is 53.3 Å². The highest BCUT2D eigenvalue weighted by Gasteiger charge is 2.25. The van der Waals surface area contributed by atoms with Gasteiger partial charge >= 0.3 is 6.03 Å². The molecule has 2 amide bonds. The summed E-state index contributed by atoms with van der Waals surface area (Å²) in [6, 6.07) is 13.5. The molecule has 1 aliphatic rings. The lowest BCUT2D eigenvalue weighted by Crippen LogP contribution is -2.42. The number of halogens is 1. The summed E-state index contributed by atoms with van der Waals surface area (Å²) in [5.41, 5.74) is 3.40. The van der Waals surface area contributed by atoms with E-state index in [2.05, 4.69) is 15.3 Å². The second kappa shape index (κ2) is 7.87. The number of hydrogen-bond acceptors (Lipinski definition) is 3. The average molecular weight is 392 g/mol. The van der Waals surface area contributed by atoms with Gasteiger partial charge in [-0.25, -0.2) is 14.2 Å². The number of benzene rings is 2. The summed E-state index contributed by atoms with van der Waals surface area (Å²) >= 11 is 0. The normalized spacial score (nSPS) is 13.1. The predicted molar refractivity (Wildman–Crippen MR) is 108 cm³/mol. The molecule has 2 N–H and O–H groups in total. The molecule has 0 spiro atoms. The van der Waals surface area contributed by atoms with Crippen molar-refractivity contribution < 1.29 is 9.18 Å². The number of amides is 2. The Kier molecular flexibility index (Phi) is 5.12. The number of aryl methyl sites for hydroxylation is 1. The number of urea groups is 1. The number of carbonyl (C=O) groups is 1. The Morgan fingerprint density at radius 1 is 1.24 bits per heavy atom. The van der Waals surface area contributed by atoms with E-state index >= 15 is 0 Å². The average Bonchev–Trinajstić information content (AvgIpc) is 2.69. The molecule has 0 atom stereocenters. The largest absolute Gasteiger partial charge is 0.322 e. The van der Waals surface area contributed by atoms with E-state index in [9.17, 15) is 14.0 Å². The van der Waals surface area contributed by atoms with Crippen LogP contribution < -0.4 is 10.9 Å². The molecule has 6 nitrogen and oxygen atoms in total. The minimum Gasteiger partial charge on any atom is -0.320 e. The van der Waals surface area contributed by atoms with Gasteiger partial charge in [0.05, 0.1) is 17.8 Å². The molecular formula is C22H21FN4O2. The first-order valence-electron chi connectivity index (χ1n) is 9.46. The van der Waals surface area contributed by atoms with E-state index in [1.165, 1.54) is 12.1 Å². The van der Waals surface area contributed by atoms with E-state index in [-0.39, 0.29) is 24.0 Å². The Balaban J connectivity index is 1.50. The van der Waals surface area contributed by atoms with Crippen LogP contribution in [0.5, 0.6) is 0 Å². The minimum absolute atomic E-state index is 0.204. The smallest absolute Gasteiger partial charge is 0.320 e. The monoisotopic (exact) mass is 392 g/mol. The van der Waals surface area contributed by atoms with Gasteiger partial charge in [-0.3, -0.25) is 4.79 Å². The first kappa shape index (κ1) is 18.9. The molecule has 2 heterocycles. The molecule has 29 heavy (non-hydrogen) atoms. The van der Waals surface area contributed by atoms with Gasteiger partial charge in [-0.2, -0.15) is 0 Å². The first-order valence-corrected chi connectivity index (χ1v) is 9.46. The molecule has 0 unspecified atom stereocenters. The van der Waals surface area contributed by atoms with Crippen LogP contribution >= 0.6 is 0 Å². The third-order valence-corrected chi connectivity index (χ3v) is 5.05. The van der Waals surface area contributed by atoms with Gasteiger partial charge < -0.3 is 15.2 Å². The standard InChI is InChI=1S/C22H21FN4O2/c1-14-5-2-3-8-18(14)25-22(29)27-10-9-19-17(13-27)21(28)26-20(24-19)12-15-6-4-7-16(23)11-15/h2-8,11H,9-10,12-13H2,1H3,(H,25,29)(H,24,26,28). The highest BCUT2D eigenvalue weighted by atomic mass is 19.1. The van der Waals surface area contributed by atoms with Gasteiger partial charge in [0, 0.05) is 25.1 Å². The molecule has 4 rings (SSSR count). The number of nitrogens with one attached hydrogen (secondary N) is 2. The molecule has 0 saturated heterocycles. The number of H-pyrrole nitrogens is 1. The second-order valence-electron chi connectivity index (χ2n) is 7.16. The summed E-state index contributed by atoms with van der Waals surface area (Å²) in [5, 5.41) is 2.90. The molecule has 1 aliphatic heterocycles. The number of nitrogens with zero attached hydrogens (tertiary/aromatic N) is 2. The lowest BCUT2D eigenvalue weighted by atomic mass is 10.1. The van der Waals surface area contributed by atoms with Crippen LogP contribution in [0, 0.1) is 12.7 Å². The van der Waals surface area contributed by atoms with Crippen LogP contribution in [0.3, 0.4) is 0 Å². The quantitative estimate of drug-likeness (QED) is 0.717. The Morgan fingerprint density at radius 2 is 2.07 bits per heavy atom. The Labute approximate surface area is 167 Å². The van der Waals surface area contributed by atoms with Crippen molar-refractivity contribution in [1.82, 2.24) is 14.9 Å². The van der Waals surface area contributed by atoms with Crippen LogP contribution in [0.2, 0.25) is 0 Å². The topological polar surface area (TPSA) is 78.1 Å². The number of fused-ring (bicyclic) bond motifs is 1. The summed E-state index contributed by atoms with van der Waals surface area (Å²) in [6.45, 7) is 2.60. The maximum Gasteiger partial charge on any atom is 0.322 e. The van der Waals surface area contributed by atoms with E-state index in [0.717, 1.165) is 16.8 Å². The summed E-state index contributed by atoms with van der Waals surface area (Å²) in [4.78, 5) is 34.2. The van der Waals surface area contributed by atoms with Crippen LogP contribution in [0.25, 0.3) is 0 Å². The van der Waals surface area contributed by atoms with Crippen molar-refractivity contribution in [2.24, 2.45) is 0 Å². The summed E-state index contributed by atoms with van der Waals surface area (Å²) in [5.74, 6) is 0.176. The SMILES string of the molecule is Cc1ccccc1NC(=O)N1CCc2nc(Cc3cccc(F)c3)[nH]c(=O)c2C1. The van der Waals surface area contributed by atoms with Crippen LogP contribution in [-0.4, -0.2) is 27.4 Å². The molecular weight excluding hydrogens is 371 g/mol. The zero-order valence-electron chi connectivity index (χ0n) is 16.0. The van der Waals surface area contributed by atoms with E-state index in [0.29, 0.717) is 36.5 Å². The molecule has 0 saturated carbocycles. The highest BCUT2D eigenvalue weighted by Crippen LogP contribution is 2.18. The van der Waals surface area contributed by atoms with Crippen LogP contribution in [0.1, 0.15) is 28.2 Å². The van der Waals surface area contributed by atoms with Crippen molar-refractivity contribution in [2.45, 2.75) is 26.3 Å². The number of para-hydroxylation sites is 1. The lowest BCUT2D eigenvalue weighted by Gasteiger charge is -2.28. The van der Waals surface area contributed by atoms with E-state index in [4.69, 9.17) is 0 Å². The maximum atomic E-state index is 13.4. The van der Waals surface area contributed by atoms with Gasteiger partial charge in [-0.1, -0.05) is 30.3 Å². The highest BCUT2D eigenvalue weighted by molar-refractivity contribution is 5.90. The molecule has 0 bridgehead atoms. The predicted octanol–water partition coefficient (Wildman–Crippen LogP) is 3.40. The fourth-order valence-corrected chi connectivity index (χ4v) is 3.48. The van der Waals surface area contributed by atoms with Crippen molar-refractivity contribution in [1.29, 1.82) is 0 Å². The Morgan fingerprint density at radius 3 is 2.86 bits per heavy atom. The first-order chi connectivity index (χ1) is 14.0. The third-order valence-electron chi connectivity index (χ3n) is 5.05. The number of aromatic nitrogens is 2. The van der Waals surface area contributed by atoms with Gasteiger partial charge in [-0.05, 0) is 36.2 Å². The molecule has 0 fully saturated rings.